The van der Waals surface area contributed by atoms with Crippen LogP contribution in [0.25, 0.3) is 10.1 Å². The van der Waals surface area contributed by atoms with E-state index in [1.807, 2.05) is 19.1 Å². The number of aromatic hydroxyl groups is 1. The molecule has 1 aromatic carbocycles. The van der Waals surface area contributed by atoms with Gasteiger partial charge in [0.25, 0.3) is 0 Å². The zero-order valence-electron chi connectivity index (χ0n) is 7.17. The topological polar surface area (TPSA) is 20.2 Å². The molecule has 1 N–H and O–H groups in total. The molecular weight excluding hydrogens is 204 g/mol. The van der Waals surface area contributed by atoms with E-state index in [1.165, 1.54) is 0 Å². The summed E-state index contributed by atoms with van der Waals surface area (Å²) < 4.78 is 1.10. The first kappa shape index (κ1) is 8.85. The van der Waals surface area contributed by atoms with Gasteiger partial charge in [0.05, 0.1) is 0 Å². The maximum atomic E-state index is 9.60. The van der Waals surface area contributed by atoms with Gasteiger partial charge in [-0.3, -0.25) is 0 Å². The van der Waals surface area contributed by atoms with Crippen LogP contribution in [0.1, 0.15) is 11.1 Å². The van der Waals surface area contributed by atoms with Crippen LogP contribution in [0.3, 0.4) is 0 Å². The van der Waals surface area contributed by atoms with Gasteiger partial charge in [-0.2, -0.15) is 0 Å². The van der Waals surface area contributed by atoms with Gasteiger partial charge in [-0.15, -0.1) is 22.9 Å². The Morgan fingerprint density at radius 2 is 2.23 bits per heavy atom. The maximum Gasteiger partial charge on any atom is 0.134 e. The van der Waals surface area contributed by atoms with Crippen molar-refractivity contribution in [1.82, 2.24) is 0 Å². The van der Waals surface area contributed by atoms with Gasteiger partial charge in [-0.1, -0.05) is 6.07 Å². The zero-order chi connectivity index (χ0) is 9.42. The molecule has 0 amide bonds. The largest absolute Gasteiger partial charge is 0.506 e. The average molecular weight is 213 g/mol. The van der Waals surface area contributed by atoms with Crippen LogP contribution in [0.2, 0.25) is 0 Å². The van der Waals surface area contributed by atoms with E-state index in [2.05, 4.69) is 0 Å². The number of alkyl halides is 1. The molecule has 0 radical (unpaired) electrons. The molecular formula is C10H9ClOS. The second-order valence-electron chi connectivity index (χ2n) is 2.99. The summed E-state index contributed by atoms with van der Waals surface area (Å²) in [7, 11) is 0. The highest BCUT2D eigenvalue weighted by molar-refractivity contribution is 7.17. The molecule has 68 valence electrons. The van der Waals surface area contributed by atoms with Gasteiger partial charge >= 0.3 is 0 Å². The summed E-state index contributed by atoms with van der Waals surface area (Å²) in [5.41, 5.74) is 2.18. The van der Waals surface area contributed by atoms with E-state index in [0.29, 0.717) is 11.6 Å². The number of fused-ring (bicyclic) bond motifs is 1. The number of rotatable bonds is 1. The first-order chi connectivity index (χ1) is 6.24. The van der Waals surface area contributed by atoms with Crippen molar-refractivity contribution in [2.75, 3.05) is 0 Å². The van der Waals surface area contributed by atoms with Crippen LogP contribution < -0.4 is 0 Å². The van der Waals surface area contributed by atoms with Crippen LogP contribution in [-0.4, -0.2) is 5.11 Å². The van der Waals surface area contributed by atoms with Crippen molar-refractivity contribution >= 4 is 33.0 Å². The minimum absolute atomic E-state index is 0.347. The Morgan fingerprint density at radius 3 is 2.92 bits per heavy atom. The minimum Gasteiger partial charge on any atom is -0.506 e. The average Bonchev–Trinajstić information content (AvgIpc) is 2.49. The minimum atomic E-state index is 0.347. The number of halogens is 1. The lowest BCUT2D eigenvalue weighted by Gasteiger charge is -2.03. The molecule has 13 heavy (non-hydrogen) atoms. The fourth-order valence-corrected chi connectivity index (χ4v) is 2.65. The summed E-state index contributed by atoms with van der Waals surface area (Å²) in [4.78, 5) is 0. The van der Waals surface area contributed by atoms with Crippen molar-refractivity contribution < 1.29 is 5.11 Å². The van der Waals surface area contributed by atoms with E-state index < -0.39 is 0 Å². The van der Waals surface area contributed by atoms with Crippen LogP contribution in [0.15, 0.2) is 17.5 Å². The third-order valence-corrected chi connectivity index (χ3v) is 3.40. The Balaban J connectivity index is 2.88. The van der Waals surface area contributed by atoms with Gasteiger partial charge in [-0.25, -0.2) is 0 Å². The van der Waals surface area contributed by atoms with Crippen molar-refractivity contribution in [3.8, 4) is 5.75 Å². The Labute approximate surface area is 85.6 Å². The van der Waals surface area contributed by atoms with Gasteiger partial charge in [0.15, 0.2) is 0 Å². The Morgan fingerprint density at radius 1 is 1.46 bits per heavy atom. The molecule has 0 saturated carbocycles. The quantitative estimate of drug-likeness (QED) is 0.716. The fourth-order valence-electron chi connectivity index (χ4n) is 1.46. The molecule has 0 aliphatic carbocycles. The summed E-state index contributed by atoms with van der Waals surface area (Å²) in [6.07, 6.45) is 0. The molecule has 0 unspecified atom stereocenters. The second kappa shape index (κ2) is 3.20. The number of benzene rings is 1. The highest BCUT2D eigenvalue weighted by Gasteiger charge is 2.09. The third-order valence-electron chi connectivity index (χ3n) is 2.20. The van der Waals surface area contributed by atoms with E-state index in [1.54, 1.807) is 16.7 Å². The van der Waals surface area contributed by atoms with Crippen LogP contribution in [0, 0.1) is 6.92 Å². The molecule has 0 aliphatic heterocycles. The highest BCUT2D eigenvalue weighted by atomic mass is 35.5. The number of hydrogen-bond acceptors (Lipinski definition) is 2. The molecule has 1 heterocycles. The SMILES string of the molecule is Cc1ccc2scc(O)c2c1CCl. The smallest absolute Gasteiger partial charge is 0.134 e. The molecule has 0 aliphatic rings. The molecule has 2 aromatic rings. The fraction of sp³-hybridized carbons (Fsp3) is 0.200. The van der Waals surface area contributed by atoms with Crippen LogP contribution in [0.5, 0.6) is 5.75 Å². The summed E-state index contributed by atoms with van der Waals surface area (Å²) in [6.45, 7) is 2.01. The molecule has 0 bridgehead atoms. The van der Waals surface area contributed by atoms with Crippen molar-refractivity contribution in [3.63, 3.8) is 0 Å². The Kier molecular flexibility index (Phi) is 2.18. The first-order valence-electron chi connectivity index (χ1n) is 3.98. The predicted octanol–water partition coefficient (Wildman–Crippen LogP) is 3.65. The number of aryl methyl sites for hydroxylation is 1. The van der Waals surface area contributed by atoms with Crippen molar-refractivity contribution in [1.29, 1.82) is 0 Å². The van der Waals surface area contributed by atoms with Crippen LogP contribution in [0.4, 0.5) is 0 Å². The lowest BCUT2D eigenvalue weighted by molar-refractivity contribution is 0.483. The molecule has 0 saturated heterocycles. The van der Waals surface area contributed by atoms with Crippen LogP contribution >= 0.6 is 22.9 Å². The third kappa shape index (κ3) is 1.30. The van der Waals surface area contributed by atoms with Gasteiger partial charge in [0, 0.05) is 21.3 Å². The van der Waals surface area contributed by atoms with Gasteiger partial charge in [0.2, 0.25) is 0 Å². The lowest BCUT2D eigenvalue weighted by atomic mass is 10.1. The molecule has 3 heteroatoms. The lowest BCUT2D eigenvalue weighted by Crippen LogP contribution is -1.84. The standard InChI is InChI=1S/C10H9ClOS/c1-6-2-3-9-10(7(6)4-11)8(12)5-13-9/h2-3,5,12H,4H2,1H3. The summed E-state index contributed by atoms with van der Waals surface area (Å²) >= 11 is 7.38. The summed E-state index contributed by atoms with van der Waals surface area (Å²) in [5.74, 6) is 0.798. The van der Waals surface area contributed by atoms with Crippen molar-refractivity contribution in [2.24, 2.45) is 0 Å². The molecule has 0 atom stereocenters. The summed E-state index contributed by atoms with van der Waals surface area (Å²) in [5, 5.41) is 12.3. The van der Waals surface area contributed by atoms with E-state index in [-0.39, 0.29) is 0 Å². The first-order valence-corrected chi connectivity index (χ1v) is 5.40. The molecule has 1 aromatic heterocycles. The monoisotopic (exact) mass is 212 g/mol. The molecule has 0 fully saturated rings. The number of hydrogen-bond donors (Lipinski definition) is 1. The van der Waals surface area contributed by atoms with Gasteiger partial charge in [-0.05, 0) is 24.1 Å². The molecule has 0 spiro atoms. The van der Waals surface area contributed by atoms with Gasteiger partial charge < -0.3 is 5.11 Å². The predicted molar refractivity (Wildman–Crippen MR) is 57.8 cm³/mol. The Bertz CT molecular complexity index is 447. The van der Waals surface area contributed by atoms with Crippen LogP contribution in [-0.2, 0) is 5.88 Å². The second-order valence-corrected chi connectivity index (χ2v) is 4.17. The van der Waals surface area contributed by atoms with E-state index in [4.69, 9.17) is 11.6 Å². The highest BCUT2D eigenvalue weighted by Crippen LogP contribution is 2.35. The van der Waals surface area contributed by atoms with Crippen molar-refractivity contribution in [2.45, 2.75) is 12.8 Å². The van der Waals surface area contributed by atoms with E-state index in [0.717, 1.165) is 21.2 Å². The van der Waals surface area contributed by atoms with Crippen molar-refractivity contribution in [3.05, 3.63) is 28.6 Å². The zero-order valence-corrected chi connectivity index (χ0v) is 8.75. The molecule has 2 rings (SSSR count). The van der Waals surface area contributed by atoms with E-state index in [9.17, 15) is 5.11 Å². The summed E-state index contributed by atoms with van der Waals surface area (Å²) in [6, 6.07) is 4.06. The maximum absolute atomic E-state index is 9.60. The number of thiophene rings is 1. The van der Waals surface area contributed by atoms with E-state index >= 15 is 0 Å². The van der Waals surface area contributed by atoms with Gasteiger partial charge in [0.1, 0.15) is 5.75 Å². The Hall–Kier alpha value is -0.730. The normalized spacial score (nSPS) is 10.9. The molecule has 1 nitrogen and oxygen atoms in total.